The van der Waals surface area contributed by atoms with Crippen molar-refractivity contribution in [2.45, 2.75) is 65.5 Å². The molecule has 1 rings (SSSR count). The van der Waals surface area contributed by atoms with Gasteiger partial charge >= 0.3 is 0 Å². The predicted molar refractivity (Wildman–Crippen MR) is 94.1 cm³/mol. The molecule has 0 aromatic heterocycles. The minimum Gasteiger partial charge on any atom is -0.352 e. The zero-order valence-electron chi connectivity index (χ0n) is 14.8. The number of hydrogen-bond donors (Lipinski definition) is 1. The van der Waals surface area contributed by atoms with Crippen molar-refractivity contribution in [3.8, 4) is 0 Å². The molecule has 23 heavy (non-hydrogen) atoms. The molecule has 1 aromatic rings. The second-order valence-electron chi connectivity index (χ2n) is 5.92. The second kappa shape index (κ2) is 10.0. The van der Waals surface area contributed by atoms with Gasteiger partial charge in [0, 0.05) is 19.0 Å². The van der Waals surface area contributed by atoms with Gasteiger partial charge in [0.25, 0.3) is 0 Å². The normalized spacial score (nSPS) is 13.2. The quantitative estimate of drug-likeness (QED) is 0.760. The molecule has 1 aromatic carbocycles. The minimum atomic E-state index is -0.389. The zero-order chi connectivity index (χ0) is 17.2. The van der Waals surface area contributed by atoms with Crippen molar-refractivity contribution in [2.24, 2.45) is 0 Å². The summed E-state index contributed by atoms with van der Waals surface area (Å²) in [6, 6.07) is 9.81. The first-order valence-corrected chi connectivity index (χ1v) is 8.67. The Kier molecular flexibility index (Phi) is 8.38. The first-order chi connectivity index (χ1) is 11.0. The van der Waals surface area contributed by atoms with Crippen LogP contribution in [0.5, 0.6) is 0 Å². The Morgan fingerprint density at radius 1 is 1.09 bits per heavy atom. The Balaban J connectivity index is 2.81. The fraction of sp³-hybridized carbons (Fsp3) is 0.579. The lowest BCUT2D eigenvalue weighted by Gasteiger charge is -2.31. The van der Waals surface area contributed by atoms with E-state index in [0.717, 1.165) is 12.8 Å². The first-order valence-electron chi connectivity index (χ1n) is 8.67. The predicted octanol–water partition coefficient (Wildman–Crippen LogP) is 3.16. The Morgan fingerprint density at radius 3 is 2.26 bits per heavy atom. The summed E-state index contributed by atoms with van der Waals surface area (Å²) in [6.45, 7) is 8.40. The highest BCUT2D eigenvalue weighted by Gasteiger charge is 2.27. The lowest BCUT2D eigenvalue weighted by molar-refractivity contribution is -0.140. The maximum absolute atomic E-state index is 12.5. The van der Waals surface area contributed by atoms with Crippen molar-refractivity contribution in [2.75, 3.05) is 6.54 Å². The molecule has 0 heterocycles. The summed E-state index contributed by atoms with van der Waals surface area (Å²) in [7, 11) is 0. The molecule has 0 fully saturated rings. The fourth-order valence-electron chi connectivity index (χ4n) is 2.54. The number of carbonyl (C=O) groups is 2. The summed E-state index contributed by atoms with van der Waals surface area (Å²) in [4.78, 5) is 26.6. The average molecular weight is 318 g/mol. The van der Waals surface area contributed by atoms with Crippen LogP contribution in [0.4, 0.5) is 0 Å². The average Bonchev–Trinajstić information content (AvgIpc) is 2.58. The first kappa shape index (κ1) is 19.2. The molecule has 0 saturated carbocycles. The summed E-state index contributed by atoms with van der Waals surface area (Å²) < 4.78 is 0. The van der Waals surface area contributed by atoms with Gasteiger partial charge in [-0.25, -0.2) is 0 Å². The van der Waals surface area contributed by atoms with Crippen molar-refractivity contribution >= 4 is 11.8 Å². The SMILES string of the molecule is CCC(=O)N(CCc1ccccc1)[C@@H](CC)C(=O)N[C@@H](C)CC. The van der Waals surface area contributed by atoms with Gasteiger partial charge in [0.05, 0.1) is 0 Å². The summed E-state index contributed by atoms with van der Waals surface area (Å²) in [5, 5.41) is 3.01. The topological polar surface area (TPSA) is 49.4 Å². The molecule has 4 nitrogen and oxygen atoms in total. The number of benzene rings is 1. The van der Waals surface area contributed by atoms with Crippen LogP contribution in [-0.2, 0) is 16.0 Å². The van der Waals surface area contributed by atoms with Gasteiger partial charge in [-0.3, -0.25) is 9.59 Å². The van der Waals surface area contributed by atoms with Gasteiger partial charge < -0.3 is 10.2 Å². The number of nitrogens with zero attached hydrogens (tertiary/aromatic N) is 1. The van der Waals surface area contributed by atoms with Crippen molar-refractivity contribution < 1.29 is 9.59 Å². The highest BCUT2D eigenvalue weighted by molar-refractivity contribution is 5.87. The monoisotopic (exact) mass is 318 g/mol. The van der Waals surface area contributed by atoms with Crippen LogP contribution in [-0.4, -0.2) is 35.3 Å². The largest absolute Gasteiger partial charge is 0.352 e. The molecule has 2 atom stereocenters. The molecule has 1 N–H and O–H groups in total. The molecule has 0 aliphatic heterocycles. The molecule has 0 unspecified atom stereocenters. The van der Waals surface area contributed by atoms with Crippen LogP contribution < -0.4 is 5.32 Å². The molecule has 128 valence electrons. The molecule has 0 spiro atoms. The maximum atomic E-state index is 12.5. The molecule has 0 saturated heterocycles. The van der Waals surface area contributed by atoms with Crippen LogP contribution in [0.25, 0.3) is 0 Å². The van der Waals surface area contributed by atoms with Crippen molar-refractivity contribution in [3.05, 3.63) is 35.9 Å². The highest BCUT2D eigenvalue weighted by Crippen LogP contribution is 2.11. The van der Waals surface area contributed by atoms with E-state index in [2.05, 4.69) is 17.4 Å². The van der Waals surface area contributed by atoms with Gasteiger partial charge in [-0.15, -0.1) is 0 Å². The van der Waals surface area contributed by atoms with Gasteiger partial charge in [0.2, 0.25) is 11.8 Å². The Labute approximate surface area is 140 Å². The molecule has 4 heteroatoms. The molecule has 0 radical (unpaired) electrons. The van der Waals surface area contributed by atoms with Crippen LogP contribution in [0.3, 0.4) is 0 Å². The summed E-state index contributed by atoms with van der Waals surface area (Å²) in [5.74, 6) is -0.0104. The smallest absolute Gasteiger partial charge is 0.243 e. The van der Waals surface area contributed by atoms with Crippen LogP contribution in [0, 0.1) is 0 Å². The lowest BCUT2D eigenvalue weighted by Crippen LogP contribution is -2.51. The number of amides is 2. The number of hydrogen-bond acceptors (Lipinski definition) is 2. The van der Waals surface area contributed by atoms with Gasteiger partial charge in [0.1, 0.15) is 6.04 Å². The Hall–Kier alpha value is -1.84. The van der Waals surface area contributed by atoms with E-state index in [-0.39, 0.29) is 23.9 Å². The van der Waals surface area contributed by atoms with Gasteiger partial charge in [-0.2, -0.15) is 0 Å². The lowest BCUT2D eigenvalue weighted by atomic mass is 10.1. The molecular weight excluding hydrogens is 288 g/mol. The molecule has 0 aliphatic rings. The summed E-state index contributed by atoms with van der Waals surface area (Å²) in [6.07, 6.45) is 2.69. The van der Waals surface area contributed by atoms with Crippen LogP contribution in [0.15, 0.2) is 30.3 Å². The molecule has 0 bridgehead atoms. The third-order valence-corrected chi connectivity index (χ3v) is 4.17. The summed E-state index contributed by atoms with van der Waals surface area (Å²) in [5.41, 5.74) is 1.18. The minimum absolute atomic E-state index is 0.0343. The van der Waals surface area contributed by atoms with E-state index >= 15 is 0 Å². The highest BCUT2D eigenvalue weighted by atomic mass is 16.2. The Bertz CT molecular complexity index is 487. The van der Waals surface area contributed by atoms with Crippen molar-refractivity contribution in [3.63, 3.8) is 0 Å². The second-order valence-corrected chi connectivity index (χ2v) is 5.92. The number of nitrogens with one attached hydrogen (secondary N) is 1. The number of rotatable bonds is 9. The van der Waals surface area contributed by atoms with Gasteiger partial charge in [-0.1, -0.05) is 51.1 Å². The fourth-order valence-corrected chi connectivity index (χ4v) is 2.54. The number of carbonyl (C=O) groups excluding carboxylic acids is 2. The van der Waals surface area contributed by atoms with E-state index in [1.54, 1.807) is 4.90 Å². The van der Waals surface area contributed by atoms with E-state index in [1.807, 2.05) is 45.9 Å². The van der Waals surface area contributed by atoms with Crippen LogP contribution in [0.1, 0.15) is 52.5 Å². The van der Waals surface area contributed by atoms with Gasteiger partial charge in [0.15, 0.2) is 0 Å². The van der Waals surface area contributed by atoms with Gasteiger partial charge in [-0.05, 0) is 31.7 Å². The molecule has 2 amide bonds. The third kappa shape index (κ3) is 6.05. The maximum Gasteiger partial charge on any atom is 0.243 e. The van der Waals surface area contributed by atoms with Crippen LogP contribution in [0.2, 0.25) is 0 Å². The summed E-state index contributed by atoms with van der Waals surface area (Å²) >= 11 is 0. The zero-order valence-corrected chi connectivity index (χ0v) is 14.8. The van der Waals surface area contributed by atoms with E-state index < -0.39 is 0 Å². The molecule has 0 aliphatic carbocycles. The van der Waals surface area contributed by atoms with Crippen LogP contribution >= 0.6 is 0 Å². The standard InChI is InChI=1S/C19H30N2O2/c1-5-15(4)20-19(23)17(6-2)21(18(22)7-3)14-13-16-11-9-8-10-12-16/h8-12,15,17H,5-7,13-14H2,1-4H3,(H,20,23)/t15-,17-/m0/s1. The van der Waals surface area contributed by atoms with E-state index in [4.69, 9.17) is 0 Å². The third-order valence-electron chi connectivity index (χ3n) is 4.17. The van der Waals surface area contributed by atoms with Crippen molar-refractivity contribution in [1.29, 1.82) is 0 Å². The van der Waals surface area contributed by atoms with E-state index in [0.29, 0.717) is 19.4 Å². The molecular formula is C19H30N2O2. The van der Waals surface area contributed by atoms with E-state index in [9.17, 15) is 9.59 Å². The van der Waals surface area contributed by atoms with Crippen molar-refractivity contribution in [1.82, 2.24) is 10.2 Å². The van der Waals surface area contributed by atoms with E-state index in [1.165, 1.54) is 5.56 Å². The Morgan fingerprint density at radius 2 is 1.74 bits per heavy atom.